The van der Waals surface area contributed by atoms with Gasteiger partial charge in [-0.25, -0.2) is 0 Å². The number of hydrogen-bond acceptors (Lipinski definition) is 10. The molecule has 3 N–H and O–H groups in total. The molecule has 0 spiro atoms. The molecule has 0 aliphatic rings. The van der Waals surface area contributed by atoms with Crippen LogP contribution in [0.15, 0.2) is 0 Å². The third kappa shape index (κ3) is 22.5. The monoisotopic (exact) mass is 588 g/mol. The summed E-state index contributed by atoms with van der Waals surface area (Å²) < 4.78 is 29.3. The van der Waals surface area contributed by atoms with Crippen molar-refractivity contribution in [1.29, 1.82) is 0 Å². The maximum Gasteiger partial charge on any atom is 0.222 e. The van der Waals surface area contributed by atoms with E-state index in [0.717, 1.165) is 6.42 Å². The second-order valence-electron chi connectivity index (χ2n) is 12.1. The highest BCUT2D eigenvalue weighted by atomic mass is 16.5. The quantitative estimate of drug-likeness (QED) is 0.137. The fraction of sp³-hybridized carbons (Fsp3) is 0.867. The second-order valence-corrected chi connectivity index (χ2v) is 12.1. The van der Waals surface area contributed by atoms with Gasteiger partial charge in [0.1, 0.15) is 17.3 Å². The minimum absolute atomic E-state index is 0.0158. The molecule has 11 heteroatoms. The summed E-state index contributed by atoms with van der Waals surface area (Å²) in [7, 11) is 0. The molecule has 0 aliphatic carbocycles. The Kier molecular flexibility index (Phi) is 20.1. The van der Waals surface area contributed by atoms with Crippen LogP contribution in [0.25, 0.3) is 0 Å². The van der Waals surface area contributed by atoms with E-state index in [4.69, 9.17) is 29.4 Å². The minimum Gasteiger partial charge on any atom is -0.380 e. The van der Waals surface area contributed by atoms with Crippen molar-refractivity contribution >= 4 is 23.3 Å². The van der Waals surface area contributed by atoms with Gasteiger partial charge in [-0.05, 0) is 67.9 Å². The Morgan fingerprint density at radius 2 is 1.00 bits per heavy atom. The molecule has 0 unspecified atom stereocenters. The van der Waals surface area contributed by atoms with Crippen LogP contribution < -0.4 is 11.1 Å². The predicted octanol–water partition coefficient (Wildman–Crippen LogP) is 2.80. The summed E-state index contributed by atoms with van der Waals surface area (Å²) in [5.41, 5.74) is 4.12. The molecule has 0 saturated carbocycles. The molecule has 0 aliphatic heterocycles. The molecular formula is C30H56N2O9. The summed E-state index contributed by atoms with van der Waals surface area (Å²) in [6.07, 6.45) is 2.38. The largest absolute Gasteiger partial charge is 0.380 e. The molecule has 240 valence electrons. The minimum atomic E-state index is -0.756. The summed E-state index contributed by atoms with van der Waals surface area (Å²) in [4.78, 5) is 46.7. The number of carbonyl (C=O) groups is 4. The third-order valence-corrected chi connectivity index (χ3v) is 6.35. The van der Waals surface area contributed by atoms with Crippen LogP contribution in [0.4, 0.5) is 0 Å². The summed E-state index contributed by atoms with van der Waals surface area (Å²) >= 11 is 0. The number of rotatable bonds is 27. The van der Waals surface area contributed by atoms with E-state index < -0.39 is 11.0 Å². The molecule has 0 fully saturated rings. The molecule has 0 rings (SSSR count). The lowest BCUT2D eigenvalue weighted by molar-refractivity contribution is -0.127. The first-order chi connectivity index (χ1) is 19.1. The van der Waals surface area contributed by atoms with E-state index in [1.165, 1.54) is 20.8 Å². The van der Waals surface area contributed by atoms with E-state index in [-0.39, 0.29) is 107 Å². The maximum absolute atomic E-state index is 12.7. The molecular weight excluding hydrogens is 532 g/mol. The van der Waals surface area contributed by atoms with Crippen LogP contribution in [0, 0.1) is 5.41 Å². The van der Waals surface area contributed by atoms with Crippen LogP contribution in [-0.2, 0) is 42.9 Å². The number of Topliss-reactive ketones (excluding diaryl/α,β-unsaturated/α-hetero) is 3. The lowest BCUT2D eigenvalue weighted by atomic mass is 9.92. The van der Waals surface area contributed by atoms with Gasteiger partial charge in [-0.1, -0.05) is 0 Å². The zero-order chi connectivity index (χ0) is 31.4. The van der Waals surface area contributed by atoms with Crippen LogP contribution in [0.3, 0.4) is 0 Å². The predicted molar refractivity (Wildman–Crippen MR) is 157 cm³/mol. The average Bonchev–Trinajstić information content (AvgIpc) is 2.84. The van der Waals surface area contributed by atoms with Gasteiger partial charge < -0.3 is 34.7 Å². The van der Waals surface area contributed by atoms with Crippen molar-refractivity contribution in [2.75, 3.05) is 66.0 Å². The van der Waals surface area contributed by atoms with Crippen molar-refractivity contribution in [3.63, 3.8) is 0 Å². The van der Waals surface area contributed by atoms with Crippen molar-refractivity contribution in [2.24, 2.45) is 11.1 Å². The number of ketones is 3. The zero-order valence-electron chi connectivity index (χ0n) is 26.6. The third-order valence-electron chi connectivity index (χ3n) is 6.35. The van der Waals surface area contributed by atoms with Gasteiger partial charge in [0.25, 0.3) is 0 Å². The van der Waals surface area contributed by atoms with Crippen molar-refractivity contribution in [3.05, 3.63) is 0 Å². The lowest BCUT2D eigenvalue weighted by Crippen LogP contribution is -2.45. The first-order valence-electron chi connectivity index (χ1n) is 14.6. The Balaban J connectivity index is 5.05. The van der Waals surface area contributed by atoms with Crippen molar-refractivity contribution in [3.8, 4) is 0 Å². The van der Waals surface area contributed by atoms with Gasteiger partial charge in [0.2, 0.25) is 5.91 Å². The number of nitrogens with one attached hydrogen (secondary N) is 1. The van der Waals surface area contributed by atoms with Gasteiger partial charge in [0, 0.05) is 37.8 Å². The van der Waals surface area contributed by atoms with Gasteiger partial charge in [-0.3, -0.25) is 19.2 Å². The topological polar surface area (TPSA) is 152 Å². The molecule has 0 heterocycles. The van der Waals surface area contributed by atoms with E-state index in [9.17, 15) is 19.2 Å². The Bertz CT molecular complexity index is 729. The lowest BCUT2D eigenvalue weighted by Gasteiger charge is -2.33. The fourth-order valence-electron chi connectivity index (χ4n) is 3.72. The van der Waals surface area contributed by atoms with Crippen LogP contribution in [0.2, 0.25) is 0 Å². The fourth-order valence-corrected chi connectivity index (χ4v) is 3.72. The van der Waals surface area contributed by atoms with E-state index in [1.54, 1.807) is 0 Å². The summed E-state index contributed by atoms with van der Waals surface area (Å²) in [6, 6.07) is 0. The Morgan fingerprint density at radius 3 is 1.37 bits per heavy atom. The highest BCUT2D eigenvalue weighted by Gasteiger charge is 2.33. The maximum atomic E-state index is 12.7. The number of carbonyl (C=O) groups excluding carboxylic acids is 4. The smallest absolute Gasteiger partial charge is 0.222 e. The van der Waals surface area contributed by atoms with Gasteiger partial charge in [-0.2, -0.15) is 0 Å². The molecule has 11 nitrogen and oxygen atoms in total. The van der Waals surface area contributed by atoms with Crippen LogP contribution in [-0.4, -0.2) is 100 Å². The first kappa shape index (κ1) is 39.2. The second kappa shape index (κ2) is 21.0. The highest BCUT2D eigenvalue weighted by Crippen LogP contribution is 2.22. The van der Waals surface area contributed by atoms with E-state index >= 15 is 0 Å². The number of nitrogens with two attached hydrogens (primary N) is 1. The zero-order valence-corrected chi connectivity index (χ0v) is 26.6. The SMILES string of the molecule is CC(=O)CCOCC(COCCC(C)=O)(COCCC(C)=O)COCCC(=O)NC(C)(C)CCOC(C)(C)CCN. The molecule has 0 aromatic heterocycles. The van der Waals surface area contributed by atoms with Crippen molar-refractivity contribution in [2.45, 2.75) is 98.1 Å². The van der Waals surface area contributed by atoms with Crippen LogP contribution in [0.1, 0.15) is 87.0 Å². The Morgan fingerprint density at radius 1 is 0.610 bits per heavy atom. The molecule has 0 aromatic rings. The van der Waals surface area contributed by atoms with E-state index in [0.29, 0.717) is 19.6 Å². The van der Waals surface area contributed by atoms with Gasteiger partial charge in [0.05, 0.1) is 63.9 Å². The van der Waals surface area contributed by atoms with Crippen LogP contribution in [0.5, 0.6) is 0 Å². The highest BCUT2D eigenvalue weighted by molar-refractivity contribution is 5.77. The van der Waals surface area contributed by atoms with Crippen molar-refractivity contribution in [1.82, 2.24) is 5.32 Å². The molecule has 0 atom stereocenters. The standard InChI is InChI=1S/C30H56N2O9/c1-24(33)8-15-37-20-30(21-38-16-9-25(2)34,22-39-17-10-26(3)35)23-40-18-11-27(36)32-28(4,5)13-19-41-29(6,7)12-14-31/h8-23,31H2,1-7H3,(H,32,36). The van der Waals surface area contributed by atoms with Gasteiger partial charge in [0.15, 0.2) is 0 Å². The van der Waals surface area contributed by atoms with Crippen molar-refractivity contribution < 1.29 is 42.9 Å². The van der Waals surface area contributed by atoms with Crippen LogP contribution >= 0.6 is 0 Å². The van der Waals surface area contributed by atoms with E-state index in [1.807, 2.05) is 27.7 Å². The summed E-state index contributed by atoms with van der Waals surface area (Å²) in [5, 5.41) is 3.04. The van der Waals surface area contributed by atoms with E-state index in [2.05, 4.69) is 5.32 Å². The molecule has 0 aromatic carbocycles. The van der Waals surface area contributed by atoms with Gasteiger partial charge >= 0.3 is 0 Å². The normalized spacial score (nSPS) is 12.4. The molecule has 1 amide bonds. The van der Waals surface area contributed by atoms with Gasteiger partial charge in [-0.15, -0.1) is 0 Å². The number of amides is 1. The average molecular weight is 589 g/mol. The number of ether oxygens (including phenoxy) is 5. The number of hydrogen-bond donors (Lipinski definition) is 2. The molecule has 0 saturated heterocycles. The molecule has 41 heavy (non-hydrogen) atoms. The Labute approximate surface area is 246 Å². The summed E-state index contributed by atoms with van der Waals surface area (Å²) in [5.74, 6) is -0.0962. The first-order valence-corrected chi connectivity index (χ1v) is 14.6. The molecule has 0 radical (unpaired) electrons. The molecule has 0 bridgehead atoms. The summed E-state index contributed by atoms with van der Waals surface area (Å²) in [6.45, 7) is 15.0. The Hall–Kier alpha value is -1.76.